The van der Waals surface area contributed by atoms with Crippen molar-refractivity contribution < 1.29 is 30.6 Å². The fraction of sp³-hybridized carbons (Fsp3) is 0.528. The fourth-order valence-electron chi connectivity index (χ4n) is 5.80. The van der Waals surface area contributed by atoms with Gasteiger partial charge in [0.05, 0.1) is 45.1 Å². The first-order chi connectivity index (χ1) is 22.7. The van der Waals surface area contributed by atoms with E-state index in [2.05, 4.69) is 27.0 Å². The molecular weight excluding hydrogens is 598 g/mol. The Kier molecular flexibility index (Phi) is 16.5. The van der Waals surface area contributed by atoms with Gasteiger partial charge in [0.15, 0.2) is 0 Å². The van der Waals surface area contributed by atoms with Crippen molar-refractivity contribution in [1.82, 2.24) is 20.4 Å². The van der Waals surface area contributed by atoms with Crippen molar-refractivity contribution in [3.05, 3.63) is 82.5 Å². The topological polar surface area (TPSA) is 164 Å². The minimum atomic E-state index is -0.455. The van der Waals surface area contributed by atoms with Crippen molar-refractivity contribution in [3.8, 4) is 11.5 Å². The number of aliphatic hydroxyl groups is 4. The Morgan fingerprint density at radius 2 is 1.21 bits per heavy atom. The van der Waals surface area contributed by atoms with Crippen molar-refractivity contribution in [1.29, 1.82) is 0 Å². The average molecular weight is 654 g/mol. The second-order valence-corrected chi connectivity index (χ2v) is 12.4. The highest BCUT2D eigenvalue weighted by Crippen LogP contribution is 2.28. The maximum Gasteiger partial charge on any atom is 0.124 e. The van der Waals surface area contributed by atoms with Gasteiger partial charge in [-0.25, -0.2) is 0 Å². The van der Waals surface area contributed by atoms with Crippen LogP contribution >= 0.6 is 0 Å². The zero-order chi connectivity index (χ0) is 34.2. The third kappa shape index (κ3) is 12.4. The number of aliphatic hydroxyl groups excluding tert-OH is 4. The minimum Gasteiger partial charge on any atom is -0.507 e. The first kappa shape index (κ1) is 38.3. The molecule has 0 spiro atoms. The predicted molar refractivity (Wildman–Crippen MR) is 187 cm³/mol. The van der Waals surface area contributed by atoms with Crippen LogP contribution in [0.3, 0.4) is 0 Å². The normalized spacial score (nSPS) is 15.8. The van der Waals surface area contributed by atoms with Crippen LogP contribution in [0.4, 0.5) is 0 Å². The van der Waals surface area contributed by atoms with Gasteiger partial charge in [-0.2, -0.15) is 0 Å². The largest absolute Gasteiger partial charge is 0.507 e. The number of phenols is 2. The molecule has 0 fully saturated rings. The summed E-state index contributed by atoms with van der Waals surface area (Å²) in [7, 11) is 0. The maximum absolute atomic E-state index is 11.2. The number of aryl methyl sites for hydroxylation is 2. The lowest BCUT2D eigenvalue weighted by atomic mass is 10.0. The fourth-order valence-corrected chi connectivity index (χ4v) is 5.80. The van der Waals surface area contributed by atoms with E-state index < -0.39 is 12.1 Å². The number of benzene rings is 2. The van der Waals surface area contributed by atoms with Crippen LogP contribution in [0.2, 0.25) is 0 Å². The molecular formula is C36H55N5O6. The van der Waals surface area contributed by atoms with E-state index in [0.717, 1.165) is 78.1 Å². The number of aromatic hydroxyl groups is 2. The first-order valence-corrected chi connectivity index (χ1v) is 16.5. The highest BCUT2D eigenvalue weighted by Gasteiger charge is 2.18. The van der Waals surface area contributed by atoms with Crippen LogP contribution in [-0.4, -0.2) is 117 Å². The lowest BCUT2D eigenvalue weighted by Gasteiger charge is -2.26. The molecule has 8 N–H and O–H groups in total. The van der Waals surface area contributed by atoms with Crippen molar-refractivity contribution in [3.63, 3.8) is 0 Å². The number of nitrogens with one attached hydrogen (secondary N) is 2. The molecule has 1 heterocycles. The van der Waals surface area contributed by atoms with E-state index in [1.54, 1.807) is 6.08 Å². The maximum atomic E-state index is 11.2. The molecule has 0 saturated heterocycles. The molecule has 1 aliphatic heterocycles. The standard InChI is InChI=1S/C36H55N5O6/c1-4-5-7-32-8-12-40(20-30-16-26(2)14-28(35(30)46)18-38-33(22-42)23-43)10-6-11-41(13-9-37-32)21-31-17-27(3)15-29(36(31)47)19-39-34(24-44)25-45/h4-5,7,14-17,33-34,38-39,42-47H,1,6,8-13,18-25H2,2-3H3/b7-5-,37-32?. The molecule has 2 aromatic carbocycles. The Bertz CT molecular complexity index is 1330. The molecule has 0 bridgehead atoms. The van der Waals surface area contributed by atoms with Gasteiger partial charge in [-0.15, -0.1) is 0 Å². The number of nitrogens with zero attached hydrogens (tertiary/aromatic N) is 3. The number of aliphatic imine (C=N–C) groups is 1. The van der Waals surface area contributed by atoms with E-state index in [9.17, 15) is 30.6 Å². The quantitative estimate of drug-likeness (QED) is 0.126. The molecule has 0 amide bonds. The molecule has 0 unspecified atom stereocenters. The van der Waals surface area contributed by atoms with Gasteiger partial charge >= 0.3 is 0 Å². The van der Waals surface area contributed by atoms with Crippen LogP contribution in [0.1, 0.15) is 46.2 Å². The highest BCUT2D eigenvalue weighted by molar-refractivity contribution is 5.95. The smallest absolute Gasteiger partial charge is 0.124 e. The summed E-state index contributed by atoms with van der Waals surface area (Å²) in [5.41, 5.74) is 6.12. The minimum absolute atomic E-state index is 0.192. The van der Waals surface area contributed by atoms with E-state index in [4.69, 9.17) is 4.99 Å². The van der Waals surface area contributed by atoms with Gasteiger partial charge < -0.3 is 41.3 Å². The molecule has 0 radical (unpaired) electrons. The summed E-state index contributed by atoms with van der Waals surface area (Å²) in [6.45, 7) is 12.5. The summed E-state index contributed by atoms with van der Waals surface area (Å²) in [5.74, 6) is 0.440. The molecule has 2 aromatic rings. The van der Waals surface area contributed by atoms with E-state index in [1.165, 1.54) is 0 Å². The molecule has 11 heteroatoms. The van der Waals surface area contributed by atoms with Gasteiger partial charge in [-0.3, -0.25) is 14.8 Å². The van der Waals surface area contributed by atoms with E-state index in [0.29, 0.717) is 32.7 Å². The third-order valence-corrected chi connectivity index (χ3v) is 8.44. The Morgan fingerprint density at radius 1 is 0.745 bits per heavy atom. The molecule has 11 nitrogen and oxygen atoms in total. The molecule has 3 rings (SSSR count). The second-order valence-electron chi connectivity index (χ2n) is 12.4. The number of allylic oxidation sites excluding steroid dienone is 3. The Balaban J connectivity index is 1.80. The lowest BCUT2D eigenvalue weighted by molar-refractivity contribution is 0.169. The number of hydrogen-bond donors (Lipinski definition) is 8. The van der Waals surface area contributed by atoms with Crippen LogP contribution in [0.25, 0.3) is 0 Å². The average Bonchev–Trinajstić information content (AvgIpc) is 3.10. The number of phenolic OH excluding ortho intramolecular Hbond substituents is 2. The lowest BCUT2D eigenvalue weighted by Crippen LogP contribution is -2.35. The van der Waals surface area contributed by atoms with Crippen LogP contribution in [-0.2, 0) is 26.2 Å². The molecule has 0 aliphatic carbocycles. The first-order valence-electron chi connectivity index (χ1n) is 16.5. The number of rotatable bonds is 16. The molecule has 260 valence electrons. The zero-order valence-electron chi connectivity index (χ0n) is 28.0. The summed E-state index contributed by atoms with van der Waals surface area (Å²) in [6.07, 6.45) is 7.27. The van der Waals surface area contributed by atoms with Gasteiger partial charge in [0, 0.05) is 73.7 Å². The van der Waals surface area contributed by atoms with E-state index in [1.807, 2.05) is 50.3 Å². The van der Waals surface area contributed by atoms with Gasteiger partial charge in [0.2, 0.25) is 0 Å². The predicted octanol–water partition coefficient (Wildman–Crippen LogP) is 1.88. The second kappa shape index (κ2) is 20.3. The van der Waals surface area contributed by atoms with Crippen LogP contribution in [0, 0.1) is 13.8 Å². The molecule has 0 aromatic heterocycles. The SMILES string of the molecule is C=C/C=C\C1=NCCN(Cc2cc(C)cc(CNC(CO)CO)c2O)CCCN(Cc2cc(C)cc(CNC(CO)CO)c2O)CC1. The molecule has 0 atom stereocenters. The van der Waals surface area contributed by atoms with Gasteiger partial charge in [-0.1, -0.05) is 54.1 Å². The van der Waals surface area contributed by atoms with Crippen molar-refractivity contribution in [2.75, 3.05) is 59.2 Å². The van der Waals surface area contributed by atoms with E-state index >= 15 is 0 Å². The summed E-state index contributed by atoms with van der Waals surface area (Å²) >= 11 is 0. The summed E-state index contributed by atoms with van der Waals surface area (Å²) < 4.78 is 0. The van der Waals surface area contributed by atoms with Crippen molar-refractivity contribution in [2.24, 2.45) is 4.99 Å². The zero-order valence-corrected chi connectivity index (χ0v) is 28.0. The summed E-state index contributed by atoms with van der Waals surface area (Å²) in [4.78, 5) is 9.57. The van der Waals surface area contributed by atoms with Crippen molar-refractivity contribution in [2.45, 2.75) is 65.0 Å². The third-order valence-electron chi connectivity index (χ3n) is 8.44. The van der Waals surface area contributed by atoms with Crippen LogP contribution < -0.4 is 10.6 Å². The molecule has 0 saturated carbocycles. The van der Waals surface area contributed by atoms with Crippen molar-refractivity contribution >= 4 is 5.71 Å². The molecule has 1 aliphatic rings. The van der Waals surface area contributed by atoms with Gasteiger partial charge in [0.25, 0.3) is 0 Å². The summed E-state index contributed by atoms with van der Waals surface area (Å²) in [6, 6.07) is 6.95. The monoisotopic (exact) mass is 653 g/mol. The van der Waals surface area contributed by atoms with Crippen LogP contribution in [0.5, 0.6) is 11.5 Å². The van der Waals surface area contributed by atoms with E-state index in [-0.39, 0.29) is 37.9 Å². The highest BCUT2D eigenvalue weighted by atomic mass is 16.3. The summed E-state index contributed by atoms with van der Waals surface area (Å²) in [5, 5.41) is 66.3. The number of hydrogen-bond acceptors (Lipinski definition) is 11. The van der Waals surface area contributed by atoms with Crippen LogP contribution in [0.15, 0.2) is 54.1 Å². The Labute approximate surface area is 279 Å². The Morgan fingerprint density at radius 3 is 1.68 bits per heavy atom. The van der Waals surface area contributed by atoms with Gasteiger partial charge in [0.1, 0.15) is 11.5 Å². The van der Waals surface area contributed by atoms with Gasteiger partial charge in [-0.05, 0) is 39.4 Å². The Hall–Kier alpha value is -3.13. The molecule has 47 heavy (non-hydrogen) atoms.